The number of carbonyl (C=O) groups is 2. The molecule has 0 aromatic rings. The maximum atomic E-state index is 12.7. The summed E-state index contributed by atoms with van der Waals surface area (Å²) in [6.45, 7) is 6.58. The van der Waals surface area contributed by atoms with Crippen molar-refractivity contribution in [3.63, 3.8) is 0 Å². The molecule has 7 nitrogen and oxygen atoms in total. The number of likely N-dealkylation sites (tertiary alicyclic amines) is 1. The lowest BCUT2D eigenvalue weighted by Gasteiger charge is -2.45. The summed E-state index contributed by atoms with van der Waals surface area (Å²) in [5, 5.41) is 21.5. The van der Waals surface area contributed by atoms with Gasteiger partial charge in [0.25, 0.3) is 0 Å². The van der Waals surface area contributed by atoms with Crippen molar-refractivity contribution in [1.29, 1.82) is 0 Å². The summed E-state index contributed by atoms with van der Waals surface area (Å²) in [4.78, 5) is 26.9. The third-order valence-corrected chi connectivity index (χ3v) is 5.76. The Balaban J connectivity index is 2.17. The summed E-state index contributed by atoms with van der Waals surface area (Å²) in [7, 11) is -1.33. The van der Waals surface area contributed by atoms with Gasteiger partial charge in [0.05, 0.1) is 11.6 Å². The fourth-order valence-corrected chi connectivity index (χ4v) is 4.22. The molecule has 1 amide bonds. The molecule has 0 aromatic carbocycles. The Morgan fingerprint density at radius 3 is 2.62 bits per heavy atom. The van der Waals surface area contributed by atoms with Gasteiger partial charge in [-0.05, 0) is 32.0 Å². The molecule has 4 atom stereocenters. The molecule has 2 heterocycles. The molecule has 2 aliphatic rings. The van der Waals surface area contributed by atoms with Crippen molar-refractivity contribution < 1.29 is 19.6 Å². The quantitative estimate of drug-likeness (QED) is 0.459. The Kier molecular flexibility index (Phi) is 6.07. The average molecular weight is 339 g/mol. The van der Waals surface area contributed by atoms with Crippen molar-refractivity contribution in [2.24, 2.45) is 17.6 Å². The third-order valence-electron chi connectivity index (χ3n) is 5.76. The molecule has 0 aliphatic carbocycles. The fraction of sp³-hybridized carbons (Fsp3) is 0.875. The Bertz CT molecular complexity index is 488. The highest BCUT2D eigenvalue weighted by Gasteiger charge is 2.56. The maximum absolute atomic E-state index is 12.7. The number of carbonyl (C=O) groups excluding carboxylic acids is 2. The zero-order valence-corrected chi connectivity index (χ0v) is 14.9. The molecule has 0 radical (unpaired) electrons. The number of nitrogens with zero attached hydrogens (tertiary/aromatic N) is 1. The molecule has 0 spiro atoms. The van der Waals surface area contributed by atoms with E-state index in [-0.39, 0.29) is 35.9 Å². The van der Waals surface area contributed by atoms with Crippen molar-refractivity contribution >= 4 is 18.8 Å². The van der Waals surface area contributed by atoms with Crippen molar-refractivity contribution in [2.45, 2.75) is 64.0 Å². The van der Waals surface area contributed by atoms with E-state index in [1.165, 1.54) is 0 Å². The predicted molar refractivity (Wildman–Crippen MR) is 92.1 cm³/mol. The van der Waals surface area contributed by atoms with Crippen LogP contribution in [0.1, 0.15) is 40.0 Å². The highest BCUT2D eigenvalue weighted by Crippen LogP contribution is 2.41. The standard InChI is InChI=1S/C16H30BN3O4/c1-10(2)14(18)15(22)20-8-6-16(11(3)21)12(13(20)9-19-16)5-4-7-17(23)24/h10,12-14,19,23-24H,4-9,18H2,1-3H3/t12?,13?,14-,16?/m0/s1. The van der Waals surface area contributed by atoms with E-state index < -0.39 is 18.7 Å². The van der Waals surface area contributed by atoms with Crippen LogP contribution in [0.3, 0.4) is 0 Å². The van der Waals surface area contributed by atoms with Gasteiger partial charge >= 0.3 is 7.12 Å². The fourth-order valence-electron chi connectivity index (χ4n) is 4.22. The Labute approximate surface area is 144 Å². The van der Waals surface area contributed by atoms with Gasteiger partial charge in [-0.1, -0.05) is 20.3 Å². The molecule has 24 heavy (non-hydrogen) atoms. The van der Waals surface area contributed by atoms with E-state index in [0.717, 1.165) is 0 Å². The van der Waals surface area contributed by atoms with E-state index in [4.69, 9.17) is 15.8 Å². The van der Waals surface area contributed by atoms with Crippen LogP contribution >= 0.6 is 0 Å². The van der Waals surface area contributed by atoms with Crippen molar-refractivity contribution in [1.82, 2.24) is 10.2 Å². The first-order chi connectivity index (χ1) is 11.2. The zero-order chi connectivity index (χ0) is 18.1. The smallest absolute Gasteiger partial charge is 0.427 e. The van der Waals surface area contributed by atoms with Gasteiger partial charge in [0, 0.05) is 25.0 Å². The molecule has 0 aromatic heterocycles. The van der Waals surface area contributed by atoms with E-state index in [9.17, 15) is 9.59 Å². The maximum Gasteiger partial charge on any atom is 0.451 e. The van der Waals surface area contributed by atoms with Crippen molar-refractivity contribution in [3.05, 3.63) is 0 Å². The predicted octanol–water partition coefficient (Wildman–Crippen LogP) is -0.629. The first-order valence-corrected chi connectivity index (χ1v) is 8.89. The summed E-state index contributed by atoms with van der Waals surface area (Å²) in [5.74, 6) is 0.100. The van der Waals surface area contributed by atoms with Crippen molar-refractivity contribution in [2.75, 3.05) is 13.1 Å². The second kappa shape index (κ2) is 7.51. The number of fused-ring (bicyclic) bond motifs is 2. The van der Waals surface area contributed by atoms with E-state index in [2.05, 4.69) is 5.32 Å². The third kappa shape index (κ3) is 3.52. The number of nitrogens with two attached hydrogens (primary N) is 1. The normalized spacial score (nSPS) is 30.5. The number of hydrogen-bond donors (Lipinski definition) is 4. The second-order valence-electron chi connectivity index (χ2n) is 7.55. The lowest BCUT2D eigenvalue weighted by Crippen LogP contribution is -2.61. The van der Waals surface area contributed by atoms with E-state index in [0.29, 0.717) is 32.4 Å². The van der Waals surface area contributed by atoms with Crippen LogP contribution in [-0.4, -0.2) is 64.5 Å². The van der Waals surface area contributed by atoms with Gasteiger partial charge < -0.3 is 26.0 Å². The van der Waals surface area contributed by atoms with Gasteiger partial charge in [0.15, 0.2) is 0 Å². The van der Waals surface area contributed by atoms with E-state index >= 15 is 0 Å². The first-order valence-electron chi connectivity index (χ1n) is 8.89. The molecule has 5 N–H and O–H groups in total. The SMILES string of the molecule is CC(=O)C12CCN(C(=O)[C@@H](N)C(C)C)C(CN1)C2CCCB(O)O. The Hall–Kier alpha value is -0.955. The molecule has 2 saturated heterocycles. The minimum absolute atomic E-state index is 0.00851. The molecule has 136 valence electrons. The summed E-state index contributed by atoms with van der Waals surface area (Å²) >= 11 is 0. The largest absolute Gasteiger partial charge is 0.451 e. The van der Waals surface area contributed by atoms with Crippen LogP contribution in [0, 0.1) is 11.8 Å². The second-order valence-corrected chi connectivity index (χ2v) is 7.55. The highest BCUT2D eigenvalue weighted by molar-refractivity contribution is 6.40. The number of hydrogen-bond acceptors (Lipinski definition) is 6. The van der Waals surface area contributed by atoms with Gasteiger partial charge in [0.2, 0.25) is 5.91 Å². The van der Waals surface area contributed by atoms with Gasteiger partial charge in [-0.15, -0.1) is 0 Å². The van der Waals surface area contributed by atoms with Crippen LogP contribution in [0.5, 0.6) is 0 Å². The molecule has 0 saturated carbocycles. The number of rotatable bonds is 7. The molecule has 3 unspecified atom stereocenters. The molecular formula is C16H30BN3O4. The van der Waals surface area contributed by atoms with Crippen LogP contribution in [0.2, 0.25) is 6.32 Å². The van der Waals surface area contributed by atoms with Crippen molar-refractivity contribution in [3.8, 4) is 0 Å². The van der Waals surface area contributed by atoms with Gasteiger partial charge in [0.1, 0.15) is 5.78 Å². The molecular weight excluding hydrogens is 309 g/mol. The number of nitrogens with one attached hydrogen (secondary N) is 1. The Morgan fingerprint density at radius 2 is 2.08 bits per heavy atom. The van der Waals surface area contributed by atoms with Crippen LogP contribution in [0.4, 0.5) is 0 Å². The topological polar surface area (TPSA) is 116 Å². The minimum Gasteiger partial charge on any atom is -0.427 e. The van der Waals surface area contributed by atoms with Crippen LogP contribution in [-0.2, 0) is 9.59 Å². The Morgan fingerprint density at radius 1 is 1.42 bits per heavy atom. The molecule has 2 bridgehead atoms. The molecule has 8 heteroatoms. The lowest BCUT2D eigenvalue weighted by atomic mass is 9.70. The van der Waals surface area contributed by atoms with Gasteiger partial charge in [-0.3, -0.25) is 9.59 Å². The molecule has 2 aliphatic heterocycles. The van der Waals surface area contributed by atoms with Crippen LogP contribution in [0.25, 0.3) is 0 Å². The summed E-state index contributed by atoms with van der Waals surface area (Å²) in [6, 6.07) is -0.592. The number of ketones is 1. The average Bonchev–Trinajstić information content (AvgIpc) is 2.75. The zero-order valence-electron chi connectivity index (χ0n) is 14.9. The monoisotopic (exact) mass is 339 g/mol. The number of amides is 1. The number of Topliss-reactive ketones (excluding diaryl/α,β-unsaturated/α-hetero) is 1. The summed E-state index contributed by atoms with van der Waals surface area (Å²) in [6.07, 6.45) is 2.14. The van der Waals surface area contributed by atoms with Gasteiger partial charge in [-0.2, -0.15) is 0 Å². The highest BCUT2D eigenvalue weighted by atomic mass is 16.4. The van der Waals surface area contributed by atoms with E-state index in [1.54, 1.807) is 6.92 Å². The molecule has 2 rings (SSSR count). The molecule has 2 fully saturated rings. The number of piperidine rings is 1. The van der Waals surface area contributed by atoms with Crippen LogP contribution in [0.15, 0.2) is 0 Å². The summed E-state index contributed by atoms with van der Waals surface area (Å²) in [5.41, 5.74) is 5.46. The minimum atomic E-state index is -1.33. The van der Waals surface area contributed by atoms with Crippen LogP contribution < -0.4 is 11.1 Å². The van der Waals surface area contributed by atoms with Gasteiger partial charge in [-0.25, -0.2) is 0 Å². The summed E-state index contributed by atoms with van der Waals surface area (Å²) < 4.78 is 0. The lowest BCUT2D eigenvalue weighted by molar-refractivity contribution is -0.141. The first kappa shape index (κ1) is 19.4. The van der Waals surface area contributed by atoms with E-state index in [1.807, 2.05) is 18.7 Å².